The largest absolute Gasteiger partial charge is 0.445 e. The van der Waals surface area contributed by atoms with Gasteiger partial charge < -0.3 is 56.8 Å². The lowest BCUT2D eigenvalue weighted by molar-refractivity contribution is -0.484. The van der Waals surface area contributed by atoms with Crippen molar-refractivity contribution in [1.29, 1.82) is 0 Å². The molecule has 0 radical (unpaired) electrons. The molecule has 4 rings (SSSR count). The molecule has 11 unspecified atom stereocenters. The second kappa shape index (κ2) is 13.3. The van der Waals surface area contributed by atoms with Crippen molar-refractivity contribution in [3.05, 3.63) is 35.9 Å². The first kappa shape index (κ1) is 30.9. The molecule has 1 aliphatic carbocycles. The molecular weight excluding hydrogens is 542 g/mol. The maximum Gasteiger partial charge on any atom is 0.407 e. The minimum absolute atomic E-state index is 0.0209. The number of ether oxygens (including phenoxy) is 4. The predicted octanol–water partition coefficient (Wildman–Crippen LogP) is -1.46. The highest BCUT2D eigenvalue weighted by molar-refractivity contribution is 5.67. The van der Waals surface area contributed by atoms with Gasteiger partial charge in [0.2, 0.25) is 12.6 Å². The third kappa shape index (κ3) is 7.21. The van der Waals surface area contributed by atoms with Crippen LogP contribution in [-0.4, -0.2) is 101 Å². The Balaban J connectivity index is 1.33. The summed E-state index contributed by atoms with van der Waals surface area (Å²) >= 11 is 0. The van der Waals surface area contributed by atoms with E-state index in [1.807, 2.05) is 18.2 Å². The monoisotopic (exact) mass is 578 g/mol. The molecule has 1 aromatic carbocycles. The lowest BCUT2D eigenvalue weighted by atomic mass is 9.83. The van der Waals surface area contributed by atoms with Crippen molar-refractivity contribution in [3.8, 4) is 0 Å². The fourth-order valence-corrected chi connectivity index (χ4v) is 4.74. The van der Waals surface area contributed by atoms with Gasteiger partial charge in [-0.25, -0.2) is 18.5 Å². The van der Waals surface area contributed by atoms with E-state index < -0.39 is 79.5 Å². The predicted molar refractivity (Wildman–Crippen MR) is 130 cm³/mol. The molecule has 3 aliphatic rings. The quantitative estimate of drug-likeness (QED) is 0.175. The van der Waals surface area contributed by atoms with E-state index in [2.05, 4.69) is 15.1 Å². The molecule has 226 valence electrons. The van der Waals surface area contributed by atoms with Crippen LogP contribution in [0, 0.1) is 0 Å². The molecule has 11 atom stereocenters. The van der Waals surface area contributed by atoms with Crippen LogP contribution < -0.4 is 22.5 Å². The summed E-state index contributed by atoms with van der Waals surface area (Å²) in [7, 11) is 0. The highest BCUT2D eigenvalue weighted by Gasteiger charge is 2.60. The summed E-state index contributed by atoms with van der Waals surface area (Å²) in [5, 5.41) is 32.6. The second-order valence-electron chi connectivity index (χ2n) is 10.1. The zero-order valence-electron chi connectivity index (χ0n) is 21.5. The van der Waals surface area contributed by atoms with Crippen molar-refractivity contribution in [2.45, 2.75) is 99.3 Å². The highest BCUT2D eigenvalue weighted by atomic mass is 19.3. The summed E-state index contributed by atoms with van der Waals surface area (Å²) in [5.41, 5.74) is 18.3. The topological polar surface area (TPSA) is 223 Å². The van der Waals surface area contributed by atoms with Crippen molar-refractivity contribution in [1.82, 2.24) is 5.32 Å². The summed E-state index contributed by atoms with van der Waals surface area (Å²) in [4.78, 5) is 21.3. The zero-order valence-corrected chi connectivity index (χ0v) is 21.5. The van der Waals surface area contributed by atoms with Gasteiger partial charge in [0.25, 0.3) is 0 Å². The Morgan fingerprint density at radius 3 is 2.33 bits per heavy atom. The third-order valence-electron chi connectivity index (χ3n) is 7.01. The number of aliphatic hydroxyl groups is 3. The molecule has 1 amide bonds. The molecule has 16 heteroatoms. The molecule has 0 aromatic heterocycles. The van der Waals surface area contributed by atoms with Crippen molar-refractivity contribution in [2.75, 3.05) is 6.54 Å². The molecule has 10 N–H and O–H groups in total. The van der Waals surface area contributed by atoms with Gasteiger partial charge in [-0.05, 0) is 24.8 Å². The van der Waals surface area contributed by atoms with Crippen LogP contribution in [0.2, 0.25) is 0 Å². The number of nitrogens with two attached hydrogens (primary N) is 3. The Labute approximate surface area is 228 Å². The molecule has 14 nitrogen and oxygen atoms in total. The Morgan fingerprint density at radius 2 is 1.65 bits per heavy atom. The minimum Gasteiger partial charge on any atom is -0.445 e. The first-order valence-corrected chi connectivity index (χ1v) is 12.9. The van der Waals surface area contributed by atoms with Crippen LogP contribution in [0.3, 0.4) is 0 Å². The molecule has 2 saturated heterocycles. The number of carbonyl (C=O) groups excluding carboxylic acids is 1. The molecule has 3 fully saturated rings. The van der Waals surface area contributed by atoms with Crippen molar-refractivity contribution < 1.29 is 57.6 Å². The molecule has 2 aliphatic heterocycles. The average molecular weight is 579 g/mol. The maximum atomic E-state index is 15.7. The Morgan fingerprint density at radius 1 is 1.00 bits per heavy atom. The first-order chi connectivity index (χ1) is 19.0. The van der Waals surface area contributed by atoms with Gasteiger partial charge in [0.05, 0.1) is 12.1 Å². The highest BCUT2D eigenvalue weighted by Crippen LogP contribution is 2.40. The van der Waals surface area contributed by atoms with Gasteiger partial charge in [0.1, 0.15) is 31.0 Å². The maximum absolute atomic E-state index is 15.7. The van der Waals surface area contributed by atoms with Crippen molar-refractivity contribution >= 4 is 6.09 Å². The van der Waals surface area contributed by atoms with E-state index in [0.29, 0.717) is 6.42 Å². The smallest absolute Gasteiger partial charge is 0.407 e. The van der Waals surface area contributed by atoms with Crippen LogP contribution in [0.1, 0.15) is 24.8 Å². The molecule has 40 heavy (non-hydrogen) atoms. The lowest BCUT2D eigenvalue weighted by Crippen LogP contribution is -2.69. The second-order valence-corrected chi connectivity index (χ2v) is 10.1. The number of alkyl halides is 2. The summed E-state index contributed by atoms with van der Waals surface area (Å²) in [6.45, 7) is 0.0389. The number of hydrogen-bond acceptors (Lipinski definition) is 13. The Kier molecular flexibility index (Phi) is 10.2. The standard InChI is InChI=1S/C24H36F2N4O10/c25-24(26)18(13(27)8-14(28)19(24)38-22-17(32)16(29)20(33)39-40-22)37-21-15(31)7-6-12(36-21)9-30-23(34)35-10-11-4-2-1-3-5-11/h1-5,12-22,31-33H,6-10,27-29H2,(H,30,34). The first-order valence-electron chi connectivity index (χ1n) is 12.9. The number of carbonyl (C=O) groups is 1. The van der Waals surface area contributed by atoms with E-state index in [9.17, 15) is 20.1 Å². The van der Waals surface area contributed by atoms with Crippen LogP contribution in [-0.2, 0) is 35.3 Å². The van der Waals surface area contributed by atoms with E-state index in [1.165, 1.54) is 0 Å². The molecule has 2 heterocycles. The molecule has 1 aromatic rings. The number of halogens is 2. The zero-order chi connectivity index (χ0) is 29.0. The van der Waals surface area contributed by atoms with Crippen LogP contribution in [0.5, 0.6) is 0 Å². The number of alkyl carbamates (subject to hydrolysis) is 1. The third-order valence-corrected chi connectivity index (χ3v) is 7.01. The average Bonchev–Trinajstić information content (AvgIpc) is 2.92. The van der Waals surface area contributed by atoms with Crippen molar-refractivity contribution in [2.24, 2.45) is 17.2 Å². The van der Waals surface area contributed by atoms with E-state index in [0.717, 1.165) is 5.56 Å². The SMILES string of the molecule is NC1CC(N)C(OC2OOC(O)C(N)C2O)C(F)(F)C1OC1OC(CNC(=O)OCc2ccccc2)CCC1O. The van der Waals surface area contributed by atoms with Gasteiger partial charge in [-0.1, -0.05) is 30.3 Å². The number of benzene rings is 1. The molecular formula is C24H36F2N4O10. The van der Waals surface area contributed by atoms with E-state index in [-0.39, 0.29) is 26.0 Å². The number of hydrogen-bond donors (Lipinski definition) is 7. The lowest BCUT2D eigenvalue weighted by Gasteiger charge is -2.47. The fourth-order valence-electron chi connectivity index (χ4n) is 4.74. The number of nitrogens with one attached hydrogen (secondary N) is 1. The van der Waals surface area contributed by atoms with Crippen molar-refractivity contribution in [3.63, 3.8) is 0 Å². The summed E-state index contributed by atoms with van der Waals surface area (Å²) in [6, 6.07) is 5.08. The Hall–Kier alpha value is -2.09. The van der Waals surface area contributed by atoms with Gasteiger partial charge in [0.15, 0.2) is 6.29 Å². The summed E-state index contributed by atoms with van der Waals surface area (Å²) in [6.07, 6.45) is -13.1. The summed E-state index contributed by atoms with van der Waals surface area (Å²) < 4.78 is 52.9. The van der Waals surface area contributed by atoms with E-state index >= 15 is 8.78 Å². The fraction of sp³-hybridized carbons (Fsp3) is 0.708. The van der Waals surface area contributed by atoms with Crippen LogP contribution in [0.15, 0.2) is 30.3 Å². The number of amides is 1. The number of rotatable bonds is 8. The summed E-state index contributed by atoms with van der Waals surface area (Å²) in [5.74, 6) is -3.85. The molecule has 0 bridgehead atoms. The van der Waals surface area contributed by atoms with Gasteiger partial charge >= 0.3 is 12.0 Å². The molecule has 0 spiro atoms. The molecule has 1 saturated carbocycles. The number of aliphatic hydroxyl groups excluding tert-OH is 3. The van der Waals surface area contributed by atoms with Crippen LogP contribution >= 0.6 is 0 Å². The van der Waals surface area contributed by atoms with Gasteiger partial charge in [-0.15, -0.1) is 0 Å². The van der Waals surface area contributed by atoms with Crippen LogP contribution in [0.4, 0.5) is 13.6 Å². The van der Waals surface area contributed by atoms with Gasteiger partial charge in [-0.2, -0.15) is 4.89 Å². The van der Waals surface area contributed by atoms with Crippen LogP contribution in [0.25, 0.3) is 0 Å². The Bertz CT molecular complexity index is 969. The normalized spacial score (nSPS) is 39.9. The van der Waals surface area contributed by atoms with E-state index in [4.69, 9.17) is 36.1 Å². The van der Waals surface area contributed by atoms with Gasteiger partial charge in [0, 0.05) is 18.6 Å². The minimum atomic E-state index is -3.85. The van der Waals surface area contributed by atoms with E-state index in [1.54, 1.807) is 12.1 Å². The van der Waals surface area contributed by atoms with Gasteiger partial charge in [-0.3, -0.25) is 0 Å².